The Labute approximate surface area is 168 Å². The van der Waals surface area contributed by atoms with Crippen LogP contribution in [0.2, 0.25) is 0 Å². The van der Waals surface area contributed by atoms with Gasteiger partial charge in [0.05, 0.1) is 13.2 Å². The highest BCUT2D eigenvalue weighted by molar-refractivity contribution is 7.13. The van der Waals surface area contributed by atoms with Crippen molar-refractivity contribution in [2.75, 3.05) is 36.5 Å². The van der Waals surface area contributed by atoms with Crippen molar-refractivity contribution < 1.29 is 9.53 Å². The number of benzene rings is 1. The molecule has 0 atom stereocenters. The second-order valence-corrected chi connectivity index (χ2v) is 7.41. The number of rotatable bonds is 5. The first-order chi connectivity index (χ1) is 13.7. The second kappa shape index (κ2) is 8.50. The van der Waals surface area contributed by atoms with Crippen LogP contribution in [0.15, 0.2) is 48.0 Å². The van der Waals surface area contributed by atoms with Crippen LogP contribution in [-0.4, -0.2) is 42.2 Å². The standard InChI is InChI=1S/C21H22N4O2S/c1-2-15-4-3-5-17(12-15)23-20(26)18-14-28-21(24-18)16-6-7-22-19(13-16)25-8-10-27-11-9-25/h3-7,12-14H,2,8-11H2,1H3,(H,23,26). The van der Waals surface area contributed by atoms with Crippen LogP contribution in [-0.2, 0) is 11.2 Å². The maximum Gasteiger partial charge on any atom is 0.275 e. The Kier molecular flexibility index (Phi) is 5.64. The SMILES string of the molecule is CCc1cccc(NC(=O)c2csc(-c3ccnc(N4CCOCC4)c3)n2)c1. The van der Waals surface area contributed by atoms with Crippen LogP contribution in [0.3, 0.4) is 0 Å². The number of carbonyl (C=O) groups is 1. The maximum absolute atomic E-state index is 12.6. The minimum atomic E-state index is -0.196. The number of hydrogen-bond donors (Lipinski definition) is 1. The van der Waals surface area contributed by atoms with Gasteiger partial charge < -0.3 is 15.0 Å². The zero-order chi connectivity index (χ0) is 19.3. The quantitative estimate of drug-likeness (QED) is 0.712. The van der Waals surface area contributed by atoms with Gasteiger partial charge in [-0.2, -0.15) is 0 Å². The number of hydrogen-bond acceptors (Lipinski definition) is 6. The van der Waals surface area contributed by atoms with Crippen molar-refractivity contribution in [3.63, 3.8) is 0 Å². The van der Waals surface area contributed by atoms with Gasteiger partial charge >= 0.3 is 0 Å². The Morgan fingerprint density at radius 2 is 2.11 bits per heavy atom. The predicted molar refractivity (Wildman–Crippen MR) is 112 cm³/mol. The van der Waals surface area contributed by atoms with Crippen molar-refractivity contribution in [3.05, 3.63) is 59.2 Å². The third-order valence-corrected chi connectivity index (χ3v) is 5.55. The second-order valence-electron chi connectivity index (χ2n) is 6.55. The van der Waals surface area contributed by atoms with Crippen molar-refractivity contribution in [2.24, 2.45) is 0 Å². The lowest BCUT2D eigenvalue weighted by molar-refractivity contribution is 0.102. The smallest absolute Gasteiger partial charge is 0.275 e. The zero-order valence-corrected chi connectivity index (χ0v) is 16.5. The lowest BCUT2D eigenvalue weighted by Gasteiger charge is -2.27. The minimum absolute atomic E-state index is 0.196. The van der Waals surface area contributed by atoms with Crippen LogP contribution in [0.4, 0.5) is 11.5 Å². The van der Waals surface area contributed by atoms with Gasteiger partial charge in [-0.15, -0.1) is 11.3 Å². The van der Waals surface area contributed by atoms with Gasteiger partial charge in [0.25, 0.3) is 5.91 Å². The Morgan fingerprint density at radius 1 is 1.25 bits per heavy atom. The van der Waals surface area contributed by atoms with E-state index in [4.69, 9.17) is 4.74 Å². The number of morpholine rings is 1. The Morgan fingerprint density at radius 3 is 2.93 bits per heavy atom. The Balaban J connectivity index is 1.50. The van der Waals surface area contributed by atoms with E-state index in [1.165, 1.54) is 16.9 Å². The van der Waals surface area contributed by atoms with Crippen LogP contribution in [0.1, 0.15) is 23.0 Å². The average molecular weight is 395 g/mol. The molecule has 1 aromatic carbocycles. The average Bonchev–Trinajstić information content (AvgIpc) is 3.25. The molecule has 1 aliphatic rings. The highest BCUT2D eigenvalue weighted by Crippen LogP contribution is 2.27. The van der Waals surface area contributed by atoms with Gasteiger partial charge in [-0.05, 0) is 36.2 Å². The first kappa shape index (κ1) is 18.6. The van der Waals surface area contributed by atoms with E-state index in [-0.39, 0.29) is 5.91 Å². The largest absolute Gasteiger partial charge is 0.378 e. The molecule has 3 heterocycles. The van der Waals surface area contributed by atoms with E-state index >= 15 is 0 Å². The van der Waals surface area contributed by atoms with Gasteiger partial charge in [-0.3, -0.25) is 4.79 Å². The molecule has 1 fully saturated rings. The van der Waals surface area contributed by atoms with Crippen molar-refractivity contribution in [1.29, 1.82) is 0 Å². The van der Waals surface area contributed by atoms with E-state index in [0.29, 0.717) is 18.9 Å². The van der Waals surface area contributed by atoms with Crippen LogP contribution in [0, 0.1) is 0 Å². The summed E-state index contributed by atoms with van der Waals surface area (Å²) in [4.78, 5) is 23.8. The van der Waals surface area contributed by atoms with Crippen LogP contribution < -0.4 is 10.2 Å². The number of pyridine rings is 1. The van der Waals surface area contributed by atoms with Crippen molar-refractivity contribution >= 4 is 28.7 Å². The van der Waals surface area contributed by atoms with Crippen molar-refractivity contribution in [1.82, 2.24) is 9.97 Å². The van der Waals surface area contributed by atoms with Gasteiger partial charge in [0.15, 0.2) is 0 Å². The minimum Gasteiger partial charge on any atom is -0.378 e. The molecule has 0 spiro atoms. The summed E-state index contributed by atoms with van der Waals surface area (Å²) in [5, 5.41) is 5.54. The van der Waals surface area contributed by atoms with E-state index in [1.54, 1.807) is 11.6 Å². The maximum atomic E-state index is 12.6. The van der Waals surface area contributed by atoms with Crippen molar-refractivity contribution in [2.45, 2.75) is 13.3 Å². The number of nitrogens with zero attached hydrogens (tertiary/aromatic N) is 3. The summed E-state index contributed by atoms with van der Waals surface area (Å²) in [6, 6.07) is 11.8. The summed E-state index contributed by atoms with van der Waals surface area (Å²) in [6.45, 7) is 5.19. The number of ether oxygens (including phenoxy) is 1. The highest BCUT2D eigenvalue weighted by Gasteiger charge is 2.16. The summed E-state index contributed by atoms with van der Waals surface area (Å²) in [5.41, 5.74) is 3.36. The molecule has 4 rings (SSSR count). The molecule has 28 heavy (non-hydrogen) atoms. The number of aryl methyl sites for hydroxylation is 1. The molecule has 1 N–H and O–H groups in total. The summed E-state index contributed by atoms with van der Waals surface area (Å²) in [6.07, 6.45) is 2.72. The Hall–Kier alpha value is -2.77. The van der Waals surface area contributed by atoms with Crippen molar-refractivity contribution in [3.8, 4) is 10.6 Å². The first-order valence-electron chi connectivity index (χ1n) is 9.38. The molecule has 0 bridgehead atoms. The number of nitrogens with one attached hydrogen (secondary N) is 1. The molecule has 0 aliphatic carbocycles. The number of aromatic nitrogens is 2. The van der Waals surface area contributed by atoms with Gasteiger partial charge in [-0.1, -0.05) is 19.1 Å². The summed E-state index contributed by atoms with van der Waals surface area (Å²) in [7, 11) is 0. The molecular formula is C21H22N4O2S. The fourth-order valence-corrected chi connectivity index (χ4v) is 3.89. The first-order valence-corrected chi connectivity index (χ1v) is 10.3. The summed E-state index contributed by atoms with van der Waals surface area (Å²) >= 11 is 1.46. The van der Waals surface area contributed by atoms with Crippen LogP contribution >= 0.6 is 11.3 Å². The predicted octanol–water partition coefficient (Wildman–Crippen LogP) is 3.86. The topological polar surface area (TPSA) is 67.4 Å². The fourth-order valence-electron chi connectivity index (χ4n) is 3.09. The van der Waals surface area contributed by atoms with E-state index in [1.807, 2.05) is 36.4 Å². The van der Waals surface area contributed by atoms with Gasteiger partial charge in [0, 0.05) is 35.9 Å². The van der Waals surface area contributed by atoms with Gasteiger partial charge in [0.1, 0.15) is 16.5 Å². The third kappa shape index (κ3) is 4.21. The molecule has 2 aromatic heterocycles. The Bertz CT molecular complexity index is 966. The molecular weight excluding hydrogens is 372 g/mol. The molecule has 1 saturated heterocycles. The fraction of sp³-hybridized carbons (Fsp3) is 0.286. The summed E-state index contributed by atoms with van der Waals surface area (Å²) in [5.74, 6) is 0.719. The van der Waals surface area contributed by atoms with E-state index in [9.17, 15) is 4.79 Å². The monoisotopic (exact) mass is 394 g/mol. The highest BCUT2D eigenvalue weighted by atomic mass is 32.1. The van der Waals surface area contributed by atoms with E-state index in [0.717, 1.165) is 41.6 Å². The molecule has 0 saturated carbocycles. The number of thiazole rings is 1. The number of anilines is 2. The molecule has 1 amide bonds. The van der Waals surface area contributed by atoms with Gasteiger partial charge in [-0.25, -0.2) is 9.97 Å². The van der Waals surface area contributed by atoms with Crippen LogP contribution in [0.5, 0.6) is 0 Å². The molecule has 144 valence electrons. The summed E-state index contributed by atoms with van der Waals surface area (Å²) < 4.78 is 5.40. The van der Waals surface area contributed by atoms with E-state index in [2.05, 4.69) is 27.1 Å². The molecule has 3 aromatic rings. The molecule has 6 nitrogen and oxygen atoms in total. The molecule has 1 aliphatic heterocycles. The molecule has 0 radical (unpaired) electrons. The number of carbonyl (C=O) groups excluding carboxylic acids is 1. The number of amides is 1. The lowest BCUT2D eigenvalue weighted by Crippen LogP contribution is -2.36. The molecule has 0 unspecified atom stereocenters. The normalized spacial score (nSPS) is 14.1. The molecule has 7 heteroatoms. The lowest BCUT2D eigenvalue weighted by atomic mass is 10.1. The third-order valence-electron chi connectivity index (χ3n) is 4.66. The zero-order valence-electron chi connectivity index (χ0n) is 15.7. The van der Waals surface area contributed by atoms with Gasteiger partial charge in [0.2, 0.25) is 0 Å². The van der Waals surface area contributed by atoms with Crippen LogP contribution in [0.25, 0.3) is 10.6 Å². The van der Waals surface area contributed by atoms with E-state index < -0.39 is 0 Å².